The predicted molar refractivity (Wildman–Crippen MR) is 53.8 cm³/mol. The highest BCUT2D eigenvalue weighted by atomic mass is 32.2. The van der Waals surface area contributed by atoms with E-state index in [-0.39, 0.29) is 18.1 Å². The van der Waals surface area contributed by atoms with Gasteiger partial charge in [-0.15, -0.1) is 0 Å². The van der Waals surface area contributed by atoms with E-state index in [1.54, 1.807) is 11.9 Å². The van der Waals surface area contributed by atoms with Crippen molar-refractivity contribution in [1.82, 2.24) is 4.90 Å². The molecule has 0 heterocycles. The van der Waals surface area contributed by atoms with Crippen LogP contribution in [0.3, 0.4) is 0 Å². The molecule has 0 aliphatic carbocycles. The summed E-state index contributed by atoms with van der Waals surface area (Å²) in [4.78, 5) is 12.5. The van der Waals surface area contributed by atoms with Crippen LogP contribution in [-0.4, -0.2) is 58.5 Å². The van der Waals surface area contributed by atoms with Gasteiger partial charge in [-0.3, -0.25) is 4.79 Å². The van der Waals surface area contributed by atoms with Crippen LogP contribution in [0.25, 0.3) is 0 Å². The average molecular weight is 223 g/mol. The number of ether oxygens (including phenoxy) is 1. The largest absolute Gasteiger partial charge is 0.469 e. The number of carbonyl (C=O) groups is 1. The Morgan fingerprint density at radius 1 is 1.36 bits per heavy atom. The van der Waals surface area contributed by atoms with Crippen LogP contribution in [-0.2, 0) is 19.4 Å². The van der Waals surface area contributed by atoms with Crippen molar-refractivity contribution in [2.45, 2.75) is 6.42 Å². The summed E-state index contributed by atoms with van der Waals surface area (Å²) in [5.41, 5.74) is 0. The standard InChI is InChI=1S/C8H17NO4S/c1-9(5-4-8(10)13-2)6-7-14(3,11)12/h4-7H2,1-3H3. The lowest BCUT2D eigenvalue weighted by molar-refractivity contribution is -0.140. The number of esters is 1. The maximum Gasteiger partial charge on any atom is 0.306 e. The molecule has 5 nitrogen and oxygen atoms in total. The molecule has 6 heteroatoms. The first kappa shape index (κ1) is 13.4. The molecule has 0 aromatic carbocycles. The van der Waals surface area contributed by atoms with Crippen LogP contribution in [0, 0.1) is 0 Å². The Kier molecular flexibility index (Phi) is 5.71. The van der Waals surface area contributed by atoms with Crippen LogP contribution in [0.5, 0.6) is 0 Å². The van der Waals surface area contributed by atoms with Gasteiger partial charge in [0.2, 0.25) is 0 Å². The van der Waals surface area contributed by atoms with Gasteiger partial charge in [0.25, 0.3) is 0 Å². The number of hydrogen-bond donors (Lipinski definition) is 0. The van der Waals surface area contributed by atoms with Crippen molar-refractivity contribution in [3.05, 3.63) is 0 Å². The molecule has 0 aliphatic heterocycles. The summed E-state index contributed by atoms with van der Waals surface area (Å²) in [6.45, 7) is 0.956. The molecule has 0 saturated heterocycles. The minimum atomic E-state index is -2.92. The molecule has 0 unspecified atom stereocenters. The van der Waals surface area contributed by atoms with Crippen LogP contribution in [0.4, 0.5) is 0 Å². The van der Waals surface area contributed by atoms with E-state index in [9.17, 15) is 13.2 Å². The topological polar surface area (TPSA) is 63.7 Å². The molecule has 0 aromatic rings. The number of sulfone groups is 1. The molecular weight excluding hydrogens is 206 g/mol. The molecule has 0 spiro atoms. The van der Waals surface area contributed by atoms with E-state index in [0.29, 0.717) is 13.1 Å². The summed E-state index contributed by atoms with van der Waals surface area (Å²) in [6.07, 6.45) is 1.48. The van der Waals surface area contributed by atoms with Crippen molar-refractivity contribution >= 4 is 15.8 Å². The lowest BCUT2D eigenvalue weighted by Gasteiger charge is -2.14. The van der Waals surface area contributed by atoms with Crippen molar-refractivity contribution in [3.63, 3.8) is 0 Å². The molecule has 0 bridgehead atoms. The second-order valence-electron chi connectivity index (χ2n) is 3.26. The van der Waals surface area contributed by atoms with E-state index in [2.05, 4.69) is 4.74 Å². The fourth-order valence-corrected chi connectivity index (χ4v) is 1.46. The summed E-state index contributed by atoms with van der Waals surface area (Å²) < 4.78 is 26.1. The zero-order valence-corrected chi connectivity index (χ0v) is 9.63. The van der Waals surface area contributed by atoms with Crippen molar-refractivity contribution in [2.24, 2.45) is 0 Å². The number of nitrogens with zero attached hydrogens (tertiary/aromatic N) is 1. The SMILES string of the molecule is COC(=O)CCN(C)CCS(C)(=O)=O. The van der Waals surface area contributed by atoms with Gasteiger partial charge in [0.1, 0.15) is 9.84 Å². The maximum absolute atomic E-state index is 10.8. The molecule has 0 atom stereocenters. The highest BCUT2D eigenvalue weighted by molar-refractivity contribution is 7.90. The first-order chi connectivity index (χ1) is 6.35. The van der Waals surface area contributed by atoms with E-state index in [4.69, 9.17) is 0 Å². The van der Waals surface area contributed by atoms with Gasteiger partial charge in [-0.2, -0.15) is 0 Å². The van der Waals surface area contributed by atoms with Gasteiger partial charge in [0.05, 0.1) is 19.3 Å². The first-order valence-electron chi connectivity index (χ1n) is 4.28. The Morgan fingerprint density at radius 2 is 1.93 bits per heavy atom. The van der Waals surface area contributed by atoms with Gasteiger partial charge in [-0.25, -0.2) is 8.42 Å². The lowest BCUT2D eigenvalue weighted by atomic mass is 10.4. The molecule has 0 N–H and O–H groups in total. The van der Waals surface area contributed by atoms with Crippen LogP contribution in [0.15, 0.2) is 0 Å². The van der Waals surface area contributed by atoms with Gasteiger partial charge < -0.3 is 9.64 Å². The van der Waals surface area contributed by atoms with Crippen molar-refractivity contribution < 1.29 is 17.9 Å². The molecule has 0 amide bonds. The van der Waals surface area contributed by atoms with E-state index < -0.39 is 9.84 Å². The third kappa shape index (κ3) is 8.00. The van der Waals surface area contributed by atoms with Crippen LogP contribution in [0.1, 0.15) is 6.42 Å². The summed E-state index contributed by atoms with van der Waals surface area (Å²) in [5.74, 6) is -0.166. The van der Waals surface area contributed by atoms with Crippen molar-refractivity contribution in [2.75, 3.05) is 39.3 Å². The number of carbonyl (C=O) groups excluding carboxylic acids is 1. The van der Waals surface area contributed by atoms with Gasteiger partial charge in [0, 0.05) is 19.3 Å². The minimum absolute atomic E-state index is 0.116. The van der Waals surface area contributed by atoms with Crippen LogP contribution < -0.4 is 0 Å². The third-order valence-electron chi connectivity index (χ3n) is 1.77. The molecule has 0 aromatic heterocycles. The molecular formula is C8H17NO4S. The number of rotatable bonds is 6. The fourth-order valence-electron chi connectivity index (χ4n) is 0.818. The Balaban J connectivity index is 3.66. The van der Waals surface area contributed by atoms with Crippen LogP contribution in [0.2, 0.25) is 0 Å². The molecule has 0 saturated carbocycles. The smallest absolute Gasteiger partial charge is 0.306 e. The molecule has 0 fully saturated rings. The van der Waals surface area contributed by atoms with Crippen molar-refractivity contribution in [3.8, 4) is 0 Å². The quantitative estimate of drug-likeness (QED) is 0.569. The van der Waals surface area contributed by atoms with E-state index in [1.807, 2.05) is 0 Å². The lowest BCUT2D eigenvalue weighted by Crippen LogP contribution is -2.27. The first-order valence-corrected chi connectivity index (χ1v) is 6.34. The highest BCUT2D eigenvalue weighted by Gasteiger charge is 2.07. The van der Waals surface area contributed by atoms with E-state index >= 15 is 0 Å². The monoisotopic (exact) mass is 223 g/mol. The molecule has 0 aliphatic rings. The minimum Gasteiger partial charge on any atom is -0.469 e. The van der Waals surface area contributed by atoms with E-state index in [0.717, 1.165) is 0 Å². The zero-order valence-electron chi connectivity index (χ0n) is 8.82. The van der Waals surface area contributed by atoms with Gasteiger partial charge in [-0.05, 0) is 7.05 Å². The van der Waals surface area contributed by atoms with Gasteiger partial charge in [-0.1, -0.05) is 0 Å². The van der Waals surface area contributed by atoms with Crippen molar-refractivity contribution in [1.29, 1.82) is 0 Å². The molecule has 0 rings (SSSR count). The summed E-state index contributed by atoms with van der Waals surface area (Å²) in [5, 5.41) is 0. The fraction of sp³-hybridized carbons (Fsp3) is 0.875. The average Bonchev–Trinajstić information content (AvgIpc) is 2.09. The van der Waals surface area contributed by atoms with E-state index in [1.165, 1.54) is 13.4 Å². The predicted octanol–water partition coefficient (Wildman–Crippen LogP) is -0.474. The molecule has 84 valence electrons. The summed E-state index contributed by atoms with van der Waals surface area (Å²) in [6, 6.07) is 0. The normalized spacial score (nSPS) is 11.7. The second kappa shape index (κ2) is 5.98. The molecule has 0 radical (unpaired) electrons. The Hall–Kier alpha value is -0.620. The third-order valence-corrected chi connectivity index (χ3v) is 2.69. The maximum atomic E-state index is 10.8. The Morgan fingerprint density at radius 3 is 2.36 bits per heavy atom. The Labute approximate surface area is 85.0 Å². The number of hydrogen-bond acceptors (Lipinski definition) is 5. The highest BCUT2D eigenvalue weighted by Crippen LogP contribution is 1.92. The number of methoxy groups -OCH3 is 1. The van der Waals surface area contributed by atoms with Gasteiger partial charge in [0.15, 0.2) is 0 Å². The van der Waals surface area contributed by atoms with Crippen LogP contribution >= 0.6 is 0 Å². The molecule has 14 heavy (non-hydrogen) atoms. The second-order valence-corrected chi connectivity index (χ2v) is 5.52. The summed E-state index contributed by atoms with van der Waals surface area (Å²) >= 11 is 0. The Bertz CT molecular complexity index is 273. The summed E-state index contributed by atoms with van der Waals surface area (Å²) in [7, 11) is 0.183. The zero-order chi connectivity index (χ0) is 11.2. The van der Waals surface area contributed by atoms with Gasteiger partial charge >= 0.3 is 5.97 Å².